The average Bonchev–Trinajstić information content (AvgIpc) is 3.12. The molecule has 1 aliphatic carbocycles. The molecule has 3 fully saturated rings. The Hall–Kier alpha value is -0.610. The van der Waals surface area contributed by atoms with Crippen molar-refractivity contribution in [2.24, 2.45) is 5.92 Å². The van der Waals surface area contributed by atoms with Crippen molar-refractivity contribution < 1.29 is 4.79 Å². The number of hydrogen-bond donors (Lipinski definition) is 2. The fourth-order valence-corrected chi connectivity index (χ4v) is 4.20. The first-order valence-electron chi connectivity index (χ1n) is 8.52. The largest absolute Gasteiger partial charge is 0.353 e. The molecule has 0 aromatic heterocycles. The van der Waals surface area contributed by atoms with Crippen molar-refractivity contribution >= 4 is 5.91 Å². The third-order valence-electron chi connectivity index (χ3n) is 5.51. The zero-order chi connectivity index (χ0) is 13.9. The number of fused-ring (bicyclic) bond motifs is 1. The van der Waals surface area contributed by atoms with Crippen LogP contribution in [-0.2, 0) is 4.79 Å². The van der Waals surface area contributed by atoms with E-state index < -0.39 is 0 Å². The lowest BCUT2D eigenvalue weighted by atomic mass is 9.85. The van der Waals surface area contributed by atoms with Gasteiger partial charge in [0.1, 0.15) is 0 Å². The molecule has 4 nitrogen and oxygen atoms in total. The second-order valence-electron chi connectivity index (χ2n) is 6.94. The number of amides is 1. The van der Waals surface area contributed by atoms with Crippen molar-refractivity contribution in [3.8, 4) is 0 Å². The van der Waals surface area contributed by atoms with Crippen molar-refractivity contribution in [2.75, 3.05) is 19.6 Å². The van der Waals surface area contributed by atoms with E-state index in [1.807, 2.05) is 0 Å². The Bertz CT molecular complexity index is 327. The molecule has 20 heavy (non-hydrogen) atoms. The number of nitrogens with zero attached hydrogens (tertiary/aromatic N) is 1. The molecule has 4 atom stereocenters. The van der Waals surface area contributed by atoms with E-state index in [1.54, 1.807) is 0 Å². The van der Waals surface area contributed by atoms with Gasteiger partial charge in [0.15, 0.2) is 0 Å². The fraction of sp³-hybridized carbons (Fsp3) is 0.938. The lowest BCUT2D eigenvalue weighted by Crippen LogP contribution is -2.47. The fourth-order valence-electron chi connectivity index (χ4n) is 4.20. The van der Waals surface area contributed by atoms with Gasteiger partial charge in [-0.15, -0.1) is 0 Å². The minimum atomic E-state index is 0.0638. The van der Waals surface area contributed by atoms with Gasteiger partial charge < -0.3 is 10.6 Å². The predicted octanol–water partition coefficient (Wildman–Crippen LogP) is 1.51. The molecule has 2 aliphatic heterocycles. The van der Waals surface area contributed by atoms with E-state index in [2.05, 4.69) is 22.5 Å². The topological polar surface area (TPSA) is 44.4 Å². The highest BCUT2D eigenvalue weighted by Gasteiger charge is 2.38. The third kappa shape index (κ3) is 3.17. The van der Waals surface area contributed by atoms with Crippen LogP contribution in [0.25, 0.3) is 0 Å². The highest BCUT2D eigenvalue weighted by atomic mass is 16.2. The van der Waals surface area contributed by atoms with Crippen LogP contribution >= 0.6 is 0 Å². The van der Waals surface area contributed by atoms with Crippen LogP contribution in [0.4, 0.5) is 0 Å². The van der Waals surface area contributed by atoms with Crippen LogP contribution in [0.3, 0.4) is 0 Å². The van der Waals surface area contributed by atoms with Gasteiger partial charge in [0, 0.05) is 18.6 Å². The monoisotopic (exact) mass is 279 g/mol. The Balaban J connectivity index is 1.42. The van der Waals surface area contributed by atoms with Gasteiger partial charge in [0.2, 0.25) is 5.91 Å². The Kier molecular flexibility index (Phi) is 4.61. The van der Waals surface area contributed by atoms with Crippen molar-refractivity contribution in [3.05, 3.63) is 0 Å². The molecule has 0 aromatic rings. The molecule has 0 radical (unpaired) electrons. The second kappa shape index (κ2) is 6.44. The third-order valence-corrected chi connectivity index (χ3v) is 5.51. The minimum absolute atomic E-state index is 0.0638. The van der Waals surface area contributed by atoms with E-state index in [9.17, 15) is 4.79 Å². The molecule has 3 aliphatic rings. The van der Waals surface area contributed by atoms with Crippen molar-refractivity contribution in [1.82, 2.24) is 15.5 Å². The lowest BCUT2D eigenvalue weighted by Gasteiger charge is -2.25. The summed E-state index contributed by atoms with van der Waals surface area (Å²) in [5, 5.41) is 6.73. The van der Waals surface area contributed by atoms with Gasteiger partial charge in [-0.3, -0.25) is 9.69 Å². The van der Waals surface area contributed by atoms with E-state index in [0.29, 0.717) is 12.1 Å². The summed E-state index contributed by atoms with van der Waals surface area (Å²) in [6.07, 6.45) is 8.92. The van der Waals surface area contributed by atoms with E-state index in [0.717, 1.165) is 18.9 Å². The number of carbonyl (C=O) groups is 1. The summed E-state index contributed by atoms with van der Waals surface area (Å²) in [5.41, 5.74) is 0. The van der Waals surface area contributed by atoms with E-state index >= 15 is 0 Å². The van der Waals surface area contributed by atoms with Crippen LogP contribution in [0.2, 0.25) is 0 Å². The van der Waals surface area contributed by atoms with Crippen LogP contribution in [-0.4, -0.2) is 48.6 Å². The van der Waals surface area contributed by atoms with Crippen LogP contribution in [0.1, 0.15) is 51.9 Å². The summed E-state index contributed by atoms with van der Waals surface area (Å²) in [5.74, 6) is 0.973. The summed E-state index contributed by atoms with van der Waals surface area (Å²) in [6, 6.07) is 1.15. The Labute approximate surface area is 122 Å². The van der Waals surface area contributed by atoms with Crippen molar-refractivity contribution in [1.29, 1.82) is 0 Å². The summed E-state index contributed by atoms with van der Waals surface area (Å²) in [7, 11) is 0. The maximum atomic E-state index is 12.3. The maximum Gasteiger partial charge on any atom is 0.237 e. The quantitative estimate of drug-likeness (QED) is 0.820. The SMILES string of the molecule is CC(CNC(=O)C1CC2CCCCC2N1)N1CCCC1. The summed E-state index contributed by atoms with van der Waals surface area (Å²) in [6.45, 7) is 5.42. The maximum absolute atomic E-state index is 12.3. The Morgan fingerprint density at radius 3 is 2.75 bits per heavy atom. The number of nitrogens with one attached hydrogen (secondary N) is 2. The van der Waals surface area contributed by atoms with Crippen LogP contribution in [0.5, 0.6) is 0 Å². The van der Waals surface area contributed by atoms with Crippen molar-refractivity contribution in [3.63, 3.8) is 0 Å². The molecule has 0 spiro atoms. The summed E-state index contributed by atoms with van der Waals surface area (Å²) >= 11 is 0. The molecule has 2 heterocycles. The number of hydrogen-bond acceptors (Lipinski definition) is 3. The second-order valence-corrected chi connectivity index (χ2v) is 6.94. The van der Waals surface area contributed by atoms with Gasteiger partial charge in [0.25, 0.3) is 0 Å². The van der Waals surface area contributed by atoms with Gasteiger partial charge in [-0.1, -0.05) is 12.8 Å². The molecular formula is C16H29N3O. The summed E-state index contributed by atoms with van der Waals surface area (Å²) < 4.78 is 0. The van der Waals surface area contributed by atoms with Gasteiger partial charge in [0.05, 0.1) is 6.04 Å². The van der Waals surface area contributed by atoms with Gasteiger partial charge in [-0.2, -0.15) is 0 Å². The minimum Gasteiger partial charge on any atom is -0.353 e. The molecule has 114 valence electrons. The first-order chi connectivity index (χ1) is 9.74. The molecule has 4 heteroatoms. The molecule has 2 saturated heterocycles. The molecule has 0 aromatic carbocycles. The smallest absolute Gasteiger partial charge is 0.237 e. The number of rotatable bonds is 4. The number of carbonyl (C=O) groups excluding carboxylic acids is 1. The predicted molar refractivity (Wildman–Crippen MR) is 80.6 cm³/mol. The van der Waals surface area contributed by atoms with Gasteiger partial charge in [-0.05, 0) is 58.0 Å². The van der Waals surface area contributed by atoms with Gasteiger partial charge in [-0.25, -0.2) is 0 Å². The first kappa shape index (κ1) is 14.3. The van der Waals surface area contributed by atoms with Crippen LogP contribution in [0.15, 0.2) is 0 Å². The zero-order valence-electron chi connectivity index (χ0n) is 12.7. The van der Waals surface area contributed by atoms with E-state index in [-0.39, 0.29) is 11.9 Å². The summed E-state index contributed by atoms with van der Waals surface area (Å²) in [4.78, 5) is 14.8. The molecule has 0 bridgehead atoms. The standard InChI is InChI=1S/C16H29N3O/c1-12(19-8-4-5-9-19)11-17-16(20)15-10-13-6-2-3-7-14(13)18-15/h12-15,18H,2-11H2,1H3,(H,17,20). The van der Waals surface area contributed by atoms with Gasteiger partial charge >= 0.3 is 0 Å². The molecule has 1 saturated carbocycles. The molecule has 2 N–H and O–H groups in total. The zero-order valence-corrected chi connectivity index (χ0v) is 12.7. The highest BCUT2D eigenvalue weighted by molar-refractivity contribution is 5.82. The average molecular weight is 279 g/mol. The normalized spacial score (nSPS) is 35.8. The first-order valence-corrected chi connectivity index (χ1v) is 8.52. The molecule has 1 amide bonds. The van der Waals surface area contributed by atoms with E-state index in [1.165, 1.54) is 51.6 Å². The van der Waals surface area contributed by atoms with Crippen molar-refractivity contribution in [2.45, 2.75) is 70.0 Å². The van der Waals surface area contributed by atoms with E-state index in [4.69, 9.17) is 0 Å². The number of likely N-dealkylation sites (tertiary alicyclic amines) is 1. The Morgan fingerprint density at radius 1 is 1.25 bits per heavy atom. The van der Waals surface area contributed by atoms with Crippen LogP contribution in [0, 0.1) is 5.92 Å². The Morgan fingerprint density at radius 2 is 2.00 bits per heavy atom. The molecule has 4 unspecified atom stereocenters. The molecule has 3 rings (SSSR count). The van der Waals surface area contributed by atoms with Crippen LogP contribution < -0.4 is 10.6 Å². The highest BCUT2D eigenvalue weighted by Crippen LogP contribution is 2.33. The lowest BCUT2D eigenvalue weighted by molar-refractivity contribution is -0.123. The molecular weight excluding hydrogens is 250 g/mol.